The fourth-order valence-electron chi connectivity index (χ4n) is 8.65. The summed E-state index contributed by atoms with van der Waals surface area (Å²) in [7, 11) is 0. The van der Waals surface area contributed by atoms with Gasteiger partial charge >= 0.3 is 0 Å². The molecule has 57 heavy (non-hydrogen) atoms. The first-order valence-electron chi connectivity index (χ1n) is 19.1. The number of aromatic nitrogens is 5. The number of hydrogen-bond donors (Lipinski definition) is 0. The molecule has 6 nitrogen and oxygen atoms in total. The molecule has 0 N–H and O–H groups in total. The molecule has 0 saturated carbocycles. The van der Waals surface area contributed by atoms with Gasteiger partial charge in [-0.1, -0.05) is 140 Å². The van der Waals surface area contributed by atoms with Crippen LogP contribution in [0.1, 0.15) is 0 Å². The van der Waals surface area contributed by atoms with Crippen LogP contribution in [0.2, 0.25) is 0 Å². The minimum atomic E-state index is 0.559. The van der Waals surface area contributed by atoms with Gasteiger partial charge in [-0.3, -0.25) is 4.57 Å². The first-order chi connectivity index (χ1) is 28.3. The van der Waals surface area contributed by atoms with Crippen LogP contribution in [0.4, 0.5) is 0 Å². The highest BCUT2D eigenvalue weighted by Crippen LogP contribution is 2.42. The summed E-state index contributed by atoms with van der Waals surface area (Å²) in [5.74, 6) is 1.74. The van der Waals surface area contributed by atoms with Gasteiger partial charge in [-0.15, -0.1) is 0 Å². The summed E-state index contributed by atoms with van der Waals surface area (Å²) < 4.78 is 11.2. The molecule has 0 unspecified atom stereocenters. The summed E-state index contributed by atoms with van der Waals surface area (Å²) in [5, 5.41) is 6.59. The highest BCUT2D eigenvalue weighted by Gasteiger charge is 2.22. The molecule has 0 fully saturated rings. The highest BCUT2D eigenvalue weighted by atomic mass is 16.3. The third-order valence-electron chi connectivity index (χ3n) is 11.2. The minimum Gasteiger partial charge on any atom is -0.456 e. The molecule has 4 heterocycles. The summed E-state index contributed by atoms with van der Waals surface area (Å²) >= 11 is 0. The van der Waals surface area contributed by atoms with E-state index in [2.05, 4.69) is 155 Å². The van der Waals surface area contributed by atoms with Gasteiger partial charge in [0.05, 0.1) is 22.1 Å². The van der Waals surface area contributed by atoms with Crippen molar-refractivity contribution in [3.05, 3.63) is 188 Å². The second-order valence-electron chi connectivity index (χ2n) is 14.4. The van der Waals surface area contributed by atoms with E-state index in [1.54, 1.807) is 0 Å². The monoisotopic (exact) mass is 729 g/mol. The van der Waals surface area contributed by atoms with E-state index in [0.717, 1.165) is 77.0 Å². The fraction of sp³-hybridized carbons (Fsp3) is 0. The lowest BCUT2D eigenvalue weighted by Crippen LogP contribution is -2.06. The molecule has 6 heteroatoms. The van der Waals surface area contributed by atoms with Crippen molar-refractivity contribution in [1.82, 2.24) is 24.1 Å². The lowest BCUT2D eigenvalue weighted by atomic mass is 10.0. The molecule has 0 atom stereocenters. The fourth-order valence-corrected chi connectivity index (χ4v) is 8.65. The molecule has 0 amide bonds. The Labute approximate surface area is 326 Å². The standard InChI is InChI=1S/C51H31N5O/c1-3-15-32(16-4-1)34-19-13-20-35(29-34)55-42-25-10-9-23-38(42)40-30-41-47(31-45(40)55)57-46-28-14-24-39(48(41)46)50-52-49(33-17-5-2-6-18-33)53-51(54-50)56-43-26-11-7-21-36(43)37-22-8-12-27-44(37)56/h1-31H. The average Bonchev–Trinajstić information content (AvgIpc) is 3.93. The molecule has 0 radical (unpaired) electrons. The zero-order chi connectivity index (χ0) is 37.5. The Morgan fingerprint density at radius 1 is 0.351 bits per heavy atom. The summed E-state index contributed by atoms with van der Waals surface area (Å²) in [6.07, 6.45) is 0. The molecule has 4 aromatic heterocycles. The number of nitrogens with zero attached hydrogens (tertiary/aromatic N) is 5. The first kappa shape index (κ1) is 31.5. The van der Waals surface area contributed by atoms with Gasteiger partial charge in [0.2, 0.25) is 5.95 Å². The zero-order valence-corrected chi connectivity index (χ0v) is 30.5. The first-order valence-corrected chi connectivity index (χ1v) is 19.1. The van der Waals surface area contributed by atoms with Crippen molar-refractivity contribution in [2.24, 2.45) is 0 Å². The number of fused-ring (bicyclic) bond motifs is 9. The van der Waals surface area contributed by atoms with Crippen molar-refractivity contribution in [3.8, 4) is 45.5 Å². The molecule has 0 saturated heterocycles. The smallest absolute Gasteiger partial charge is 0.238 e. The van der Waals surface area contributed by atoms with Gasteiger partial charge in [0, 0.05) is 55.2 Å². The molecular formula is C51H31N5O. The van der Waals surface area contributed by atoms with Gasteiger partial charge in [-0.05, 0) is 53.6 Å². The van der Waals surface area contributed by atoms with Gasteiger partial charge < -0.3 is 8.98 Å². The third kappa shape index (κ3) is 4.87. The van der Waals surface area contributed by atoms with Gasteiger partial charge in [-0.2, -0.15) is 9.97 Å². The van der Waals surface area contributed by atoms with Crippen molar-refractivity contribution >= 4 is 65.6 Å². The van der Waals surface area contributed by atoms with E-state index in [1.165, 1.54) is 16.5 Å². The third-order valence-corrected chi connectivity index (χ3v) is 11.2. The van der Waals surface area contributed by atoms with Crippen LogP contribution in [0.25, 0.3) is 111 Å². The summed E-state index contributed by atoms with van der Waals surface area (Å²) in [6.45, 7) is 0. The molecule has 266 valence electrons. The normalized spacial score (nSPS) is 11.9. The number of furan rings is 1. The van der Waals surface area contributed by atoms with Gasteiger partial charge in [0.15, 0.2) is 11.6 Å². The molecule has 0 aliphatic heterocycles. The topological polar surface area (TPSA) is 61.7 Å². The zero-order valence-electron chi connectivity index (χ0n) is 30.5. The Balaban J connectivity index is 1.11. The number of rotatable bonds is 5. The van der Waals surface area contributed by atoms with Gasteiger partial charge in [0.25, 0.3) is 0 Å². The number of hydrogen-bond acceptors (Lipinski definition) is 4. The van der Waals surface area contributed by atoms with Crippen molar-refractivity contribution in [3.63, 3.8) is 0 Å². The van der Waals surface area contributed by atoms with Gasteiger partial charge in [0.1, 0.15) is 11.2 Å². The molecule has 0 bridgehead atoms. The highest BCUT2D eigenvalue weighted by molar-refractivity contribution is 6.20. The molecule has 0 aliphatic rings. The van der Waals surface area contributed by atoms with Crippen LogP contribution in [-0.2, 0) is 0 Å². The molecule has 0 spiro atoms. The van der Waals surface area contributed by atoms with Crippen molar-refractivity contribution in [1.29, 1.82) is 0 Å². The second kappa shape index (κ2) is 12.3. The SMILES string of the molecule is c1ccc(-c2cccc(-n3c4ccccc4c4cc5c(cc43)oc3cccc(-c4nc(-c6ccccc6)nc(-n6c7ccccc7c7ccccc76)n4)c35)c2)cc1. The molecule has 12 rings (SSSR count). The Morgan fingerprint density at radius 3 is 1.65 bits per heavy atom. The van der Waals surface area contributed by atoms with Crippen LogP contribution >= 0.6 is 0 Å². The number of para-hydroxylation sites is 3. The van der Waals surface area contributed by atoms with Gasteiger partial charge in [-0.25, -0.2) is 4.98 Å². The predicted molar refractivity (Wildman–Crippen MR) is 232 cm³/mol. The minimum absolute atomic E-state index is 0.559. The summed E-state index contributed by atoms with van der Waals surface area (Å²) in [6, 6.07) is 65.5. The van der Waals surface area contributed by atoms with Crippen molar-refractivity contribution in [2.75, 3.05) is 0 Å². The van der Waals surface area contributed by atoms with E-state index in [9.17, 15) is 0 Å². The molecular weight excluding hydrogens is 699 g/mol. The lowest BCUT2D eigenvalue weighted by Gasteiger charge is -2.11. The summed E-state index contributed by atoms with van der Waals surface area (Å²) in [5.41, 5.74) is 11.1. The van der Waals surface area contributed by atoms with E-state index in [0.29, 0.717) is 17.6 Å². The van der Waals surface area contributed by atoms with E-state index >= 15 is 0 Å². The average molecular weight is 730 g/mol. The van der Waals surface area contributed by atoms with E-state index in [4.69, 9.17) is 19.4 Å². The second-order valence-corrected chi connectivity index (χ2v) is 14.4. The van der Waals surface area contributed by atoms with E-state index in [1.807, 2.05) is 42.5 Å². The Morgan fingerprint density at radius 2 is 0.930 bits per heavy atom. The van der Waals surface area contributed by atoms with E-state index in [-0.39, 0.29) is 0 Å². The van der Waals surface area contributed by atoms with Crippen molar-refractivity contribution in [2.45, 2.75) is 0 Å². The molecule has 8 aromatic carbocycles. The maximum atomic E-state index is 6.75. The largest absolute Gasteiger partial charge is 0.456 e. The Bertz CT molecular complexity index is 3470. The maximum absolute atomic E-state index is 6.75. The van der Waals surface area contributed by atoms with Crippen LogP contribution in [0.3, 0.4) is 0 Å². The Hall–Kier alpha value is -7.83. The molecule has 12 aromatic rings. The maximum Gasteiger partial charge on any atom is 0.238 e. The Kier molecular flexibility index (Phi) is 6.83. The summed E-state index contributed by atoms with van der Waals surface area (Å²) in [4.78, 5) is 15.6. The van der Waals surface area contributed by atoms with Crippen LogP contribution in [0.15, 0.2) is 192 Å². The van der Waals surface area contributed by atoms with Crippen LogP contribution in [0.5, 0.6) is 0 Å². The lowest BCUT2D eigenvalue weighted by molar-refractivity contribution is 0.669. The van der Waals surface area contributed by atoms with Crippen molar-refractivity contribution < 1.29 is 4.42 Å². The van der Waals surface area contributed by atoms with Crippen LogP contribution in [-0.4, -0.2) is 24.1 Å². The number of benzene rings is 8. The molecule has 0 aliphatic carbocycles. The van der Waals surface area contributed by atoms with E-state index < -0.39 is 0 Å². The van der Waals surface area contributed by atoms with Crippen LogP contribution < -0.4 is 0 Å². The quantitative estimate of drug-likeness (QED) is 0.177. The van der Waals surface area contributed by atoms with Crippen LogP contribution in [0, 0.1) is 0 Å². The predicted octanol–water partition coefficient (Wildman–Crippen LogP) is 13.0.